The van der Waals surface area contributed by atoms with E-state index in [-0.39, 0.29) is 0 Å². The number of nitrogen functional groups attached to an aromatic ring is 2. The van der Waals surface area contributed by atoms with E-state index in [2.05, 4.69) is 30.5 Å². The summed E-state index contributed by atoms with van der Waals surface area (Å²) in [5, 5.41) is 0. The number of hydrogen-bond acceptors (Lipinski definition) is 3. The fourth-order valence-electron chi connectivity index (χ4n) is 2.42. The van der Waals surface area contributed by atoms with Crippen molar-refractivity contribution in [2.24, 2.45) is 7.05 Å². The Bertz CT molecular complexity index is 816. The van der Waals surface area contributed by atoms with Crippen molar-refractivity contribution in [2.75, 3.05) is 11.5 Å². The van der Waals surface area contributed by atoms with E-state index < -0.39 is 0 Å². The number of aromatic nitrogens is 2. The number of aryl methyl sites for hydroxylation is 3. The molecule has 0 bridgehead atoms. The van der Waals surface area contributed by atoms with Gasteiger partial charge in [0, 0.05) is 12.6 Å². The molecule has 4 N–H and O–H groups in total. The molecule has 1 heterocycles. The number of nitrogens with zero attached hydrogens (tertiary/aromatic N) is 2. The topological polar surface area (TPSA) is 69.9 Å². The minimum absolute atomic E-state index is 0.585. The lowest BCUT2D eigenvalue weighted by Crippen LogP contribution is -1.97. The standard InChI is InChI=1S/C16H18N4.C2H6/c1-9-6-14-15(7-10(9)2)20(3)16(19-14)11-4-5-12(17)13(18)8-11;1-2/h4-8H,17-18H2,1-3H3;1-2H3. The van der Waals surface area contributed by atoms with Crippen LogP contribution >= 0.6 is 0 Å². The zero-order valence-electron chi connectivity index (χ0n) is 13.9. The average Bonchev–Trinajstić information content (AvgIpc) is 2.82. The minimum Gasteiger partial charge on any atom is -0.397 e. The molecule has 0 unspecified atom stereocenters. The van der Waals surface area contributed by atoms with Gasteiger partial charge in [-0.1, -0.05) is 13.8 Å². The van der Waals surface area contributed by atoms with E-state index >= 15 is 0 Å². The van der Waals surface area contributed by atoms with Gasteiger partial charge in [-0.3, -0.25) is 0 Å². The quantitative estimate of drug-likeness (QED) is 0.666. The summed E-state index contributed by atoms with van der Waals surface area (Å²) in [4.78, 5) is 4.72. The van der Waals surface area contributed by atoms with Crippen LogP contribution in [0.1, 0.15) is 25.0 Å². The van der Waals surface area contributed by atoms with E-state index in [1.807, 2.05) is 39.1 Å². The Morgan fingerprint density at radius 3 is 2.18 bits per heavy atom. The highest BCUT2D eigenvalue weighted by atomic mass is 15.1. The largest absolute Gasteiger partial charge is 0.397 e. The Morgan fingerprint density at radius 2 is 1.55 bits per heavy atom. The van der Waals surface area contributed by atoms with Gasteiger partial charge in [0.2, 0.25) is 0 Å². The molecule has 0 amide bonds. The molecule has 0 aliphatic rings. The highest BCUT2D eigenvalue weighted by Gasteiger charge is 2.11. The first kappa shape index (κ1) is 15.9. The molecule has 4 heteroatoms. The van der Waals surface area contributed by atoms with Crippen molar-refractivity contribution in [3.8, 4) is 11.4 Å². The van der Waals surface area contributed by atoms with Gasteiger partial charge < -0.3 is 16.0 Å². The third-order valence-electron chi connectivity index (χ3n) is 3.84. The molecule has 4 nitrogen and oxygen atoms in total. The van der Waals surface area contributed by atoms with E-state index in [1.165, 1.54) is 11.1 Å². The number of rotatable bonds is 1. The summed E-state index contributed by atoms with van der Waals surface area (Å²) >= 11 is 0. The molecule has 0 fully saturated rings. The minimum atomic E-state index is 0.585. The monoisotopic (exact) mass is 296 g/mol. The lowest BCUT2D eigenvalue weighted by molar-refractivity contribution is 0.959. The van der Waals surface area contributed by atoms with Crippen LogP contribution in [0.4, 0.5) is 11.4 Å². The van der Waals surface area contributed by atoms with Crippen LogP contribution in [0, 0.1) is 13.8 Å². The molecule has 0 atom stereocenters. The fourth-order valence-corrected chi connectivity index (χ4v) is 2.42. The summed E-state index contributed by atoms with van der Waals surface area (Å²) in [5.41, 5.74) is 18.5. The Kier molecular flexibility index (Phi) is 4.40. The second-order valence-corrected chi connectivity index (χ2v) is 5.26. The molecule has 0 spiro atoms. The number of imidazole rings is 1. The maximum Gasteiger partial charge on any atom is 0.140 e. The first-order chi connectivity index (χ1) is 10.5. The second-order valence-electron chi connectivity index (χ2n) is 5.26. The summed E-state index contributed by atoms with van der Waals surface area (Å²) in [7, 11) is 2.02. The zero-order valence-corrected chi connectivity index (χ0v) is 13.9. The lowest BCUT2D eigenvalue weighted by atomic mass is 10.1. The Balaban J connectivity index is 0.000000847. The van der Waals surface area contributed by atoms with Gasteiger partial charge in [0.05, 0.1) is 22.4 Å². The van der Waals surface area contributed by atoms with E-state index in [1.54, 1.807) is 0 Å². The zero-order chi connectivity index (χ0) is 16.4. The van der Waals surface area contributed by atoms with Gasteiger partial charge in [0.1, 0.15) is 5.82 Å². The predicted octanol–water partition coefficient (Wildman–Crippen LogP) is 4.05. The van der Waals surface area contributed by atoms with Gasteiger partial charge in [-0.2, -0.15) is 0 Å². The molecule has 116 valence electrons. The highest BCUT2D eigenvalue weighted by Crippen LogP contribution is 2.28. The van der Waals surface area contributed by atoms with Gasteiger partial charge in [0.15, 0.2) is 0 Å². The Morgan fingerprint density at radius 1 is 0.909 bits per heavy atom. The SMILES string of the molecule is CC.Cc1cc2nc(-c3ccc(N)c(N)c3)n(C)c2cc1C. The molecule has 0 aliphatic carbocycles. The van der Waals surface area contributed by atoms with Crippen LogP contribution in [0.25, 0.3) is 22.4 Å². The highest BCUT2D eigenvalue weighted by molar-refractivity contribution is 5.83. The molecule has 1 aromatic heterocycles. The van der Waals surface area contributed by atoms with Crippen LogP contribution in [0.3, 0.4) is 0 Å². The van der Waals surface area contributed by atoms with Crippen molar-refractivity contribution in [2.45, 2.75) is 27.7 Å². The molecule has 0 radical (unpaired) electrons. The van der Waals surface area contributed by atoms with Gasteiger partial charge in [-0.25, -0.2) is 4.98 Å². The van der Waals surface area contributed by atoms with E-state index in [4.69, 9.17) is 16.5 Å². The summed E-state index contributed by atoms with van der Waals surface area (Å²) in [6, 6.07) is 9.93. The van der Waals surface area contributed by atoms with Crippen LogP contribution in [-0.4, -0.2) is 9.55 Å². The van der Waals surface area contributed by atoms with Crippen molar-refractivity contribution in [1.29, 1.82) is 0 Å². The van der Waals surface area contributed by atoms with Crippen molar-refractivity contribution >= 4 is 22.4 Å². The smallest absolute Gasteiger partial charge is 0.140 e. The van der Waals surface area contributed by atoms with Crippen molar-refractivity contribution in [1.82, 2.24) is 9.55 Å². The van der Waals surface area contributed by atoms with E-state index in [9.17, 15) is 0 Å². The lowest BCUT2D eigenvalue weighted by Gasteiger charge is -2.06. The van der Waals surface area contributed by atoms with Crippen LogP contribution in [0.5, 0.6) is 0 Å². The van der Waals surface area contributed by atoms with Crippen molar-refractivity contribution in [3.63, 3.8) is 0 Å². The first-order valence-corrected chi connectivity index (χ1v) is 7.56. The number of benzene rings is 2. The van der Waals surface area contributed by atoms with Crippen LogP contribution < -0.4 is 11.5 Å². The summed E-state index contributed by atoms with van der Waals surface area (Å²) in [6.07, 6.45) is 0. The summed E-state index contributed by atoms with van der Waals surface area (Å²) in [5.74, 6) is 0.900. The van der Waals surface area contributed by atoms with Gasteiger partial charge in [-0.05, 0) is 55.3 Å². The number of anilines is 2. The molecule has 3 aromatic rings. The molecule has 0 aliphatic heterocycles. The molecular formula is C18H24N4. The van der Waals surface area contributed by atoms with Gasteiger partial charge in [-0.15, -0.1) is 0 Å². The van der Waals surface area contributed by atoms with Crippen molar-refractivity contribution in [3.05, 3.63) is 41.5 Å². The summed E-state index contributed by atoms with van der Waals surface area (Å²) < 4.78 is 2.09. The normalized spacial score (nSPS) is 10.4. The third kappa shape index (κ3) is 2.64. The fraction of sp³-hybridized carbons (Fsp3) is 0.278. The molecule has 3 rings (SSSR count). The maximum atomic E-state index is 5.89. The number of nitrogens with two attached hydrogens (primary N) is 2. The van der Waals surface area contributed by atoms with Gasteiger partial charge >= 0.3 is 0 Å². The predicted molar refractivity (Wildman–Crippen MR) is 95.8 cm³/mol. The molecule has 0 saturated heterocycles. The number of fused-ring (bicyclic) bond motifs is 1. The van der Waals surface area contributed by atoms with Crippen molar-refractivity contribution < 1.29 is 0 Å². The second kappa shape index (κ2) is 6.10. The average molecular weight is 296 g/mol. The first-order valence-electron chi connectivity index (χ1n) is 7.56. The number of hydrogen-bond donors (Lipinski definition) is 2. The Labute approximate surface area is 131 Å². The Hall–Kier alpha value is -2.49. The van der Waals surface area contributed by atoms with E-state index in [0.29, 0.717) is 11.4 Å². The van der Waals surface area contributed by atoms with E-state index in [0.717, 1.165) is 22.4 Å². The van der Waals surface area contributed by atoms with Crippen LogP contribution in [0.15, 0.2) is 30.3 Å². The third-order valence-corrected chi connectivity index (χ3v) is 3.84. The molecular weight excluding hydrogens is 272 g/mol. The molecule has 22 heavy (non-hydrogen) atoms. The van der Waals surface area contributed by atoms with Gasteiger partial charge in [0.25, 0.3) is 0 Å². The van der Waals surface area contributed by atoms with Crippen LogP contribution in [0.2, 0.25) is 0 Å². The van der Waals surface area contributed by atoms with Crippen LogP contribution in [-0.2, 0) is 7.05 Å². The molecule has 2 aromatic carbocycles. The summed E-state index contributed by atoms with van der Waals surface area (Å²) in [6.45, 7) is 8.22. The maximum absolute atomic E-state index is 5.89. The molecule has 0 saturated carbocycles.